The van der Waals surface area contributed by atoms with Crippen LogP contribution in [0, 0.1) is 0 Å². The summed E-state index contributed by atoms with van der Waals surface area (Å²) < 4.78 is 27.9. The Hall–Kier alpha value is -3.00. The van der Waals surface area contributed by atoms with Crippen molar-refractivity contribution in [3.05, 3.63) is 96.1 Å². The summed E-state index contributed by atoms with van der Waals surface area (Å²) in [6.45, 7) is 3.78. The van der Waals surface area contributed by atoms with E-state index in [0.29, 0.717) is 18.8 Å². The monoisotopic (exact) mass is 450 g/mol. The van der Waals surface area contributed by atoms with E-state index < -0.39 is 10.0 Å². The molecule has 1 aliphatic heterocycles. The van der Waals surface area contributed by atoms with Gasteiger partial charge in [-0.1, -0.05) is 60.7 Å². The molecular weight excluding hydrogens is 422 g/mol. The Balaban J connectivity index is 1.50. The highest BCUT2D eigenvalue weighted by Crippen LogP contribution is 2.21. The Labute approximate surface area is 189 Å². The first-order chi connectivity index (χ1) is 15.4. The van der Waals surface area contributed by atoms with Crippen LogP contribution in [-0.4, -0.2) is 44.8 Å². The Bertz CT molecular complexity index is 1100. The van der Waals surface area contributed by atoms with Gasteiger partial charge in [0.25, 0.3) is 0 Å². The molecule has 0 aromatic heterocycles. The van der Waals surface area contributed by atoms with E-state index in [-0.39, 0.29) is 16.8 Å². The van der Waals surface area contributed by atoms with E-state index >= 15 is 0 Å². The molecule has 32 heavy (non-hydrogen) atoms. The van der Waals surface area contributed by atoms with Gasteiger partial charge < -0.3 is 10.2 Å². The number of quaternary nitrogens is 1. The summed E-state index contributed by atoms with van der Waals surface area (Å²) in [5, 5.41) is 2.66. The normalized spacial score (nSPS) is 15.6. The van der Waals surface area contributed by atoms with Gasteiger partial charge in [0.05, 0.1) is 31.1 Å². The van der Waals surface area contributed by atoms with Crippen LogP contribution in [0.25, 0.3) is 0 Å². The van der Waals surface area contributed by atoms with Crippen LogP contribution in [0.15, 0.2) is 89.8 Å². The number of hydrogen-bond acceptors (Lipinski definition) is 3. The Morgan fingerprint density at radius 2 is 1.34 bits per heavy atom. The van der Waals surface area contributed by atoms with Crippen molar-refractivity contribution in [2.45, 2.75) is 17.9 Å². The lowest BCUT2D eigenvalue weighted by molar-refractivity contribution is -0.929. The standard InChI is InChI=1S/C25H27N3O3S/c1-20(29)26-23-12-14-24(15-13-23)32(30,31)28-18-16-27(17-19-28)25(21-8-4-2-5-9-21)22-10-6-3-7-11-22/h2-15,25H,16-19H2,1H3,(H,26,29)/p+1. The molecule has 0 atom stereocenters. The predicted octanol–water partition coefficient (Wildman–Crippen LogP) is 2.32. The van der Waals surface area contributed by atoms with Crippen LogP contribution in [0.5, 0.6) is 0 Å². The molecule has 0 radical (unpaired) electrons. The number of amides is 1. The lowest BCUT2D eigenvalue weighted by Crippen LogP contribution is -3.15. The molecule has 0 saturated carbocycles. The maximum Gasteiger partial charge on any atom is 0.243 e. The second-order valence-electron chi connectivity index (χ2n) is 8.02. The SMILES string of the molecule is CC(=O)Nc1ccc(S(=O)(=O)N2CC[NH+](C(c3ccccc3)c3ccccc3)CC2)cc1. The van der Waals surface area contributed by atoms with Gasteiger partial charge in [-0.3, -0.25) is 4.79 Å². The Kier molecular flexibility index (Phi) is 6.69. The molecule has 166 valence electrons. The number of hydrogen-bond donors (Lipinski definition) is 2. The minimum atomic E-state index is -3.58. The molecule has 1 aliphatic rings. The fourth-order valence-corrected chi connectivity index (χ4v) is 5.76. The summed E-state index contributed by atoms with van der Waals surface area (Å²) >= 11 is 0. The van der Waals surface area contributed by atoms with E-state index in [1.807, 2.05) is 12.1 Å². The third-order valence-electron chi connectivity index (χ3n) is 5.85. The van der Waals surface area contributed by atoms with Gasteiger partial charge in [-0.25, -0.2) is 8.42 Å². The quantitative estimate of drug-likeness (QED) is 0.606. The molecule has 0 bridgehead atoms. The van der Waals surface area contributed by atoms with Crippen LogP contribution in [0.2, 0.25) is 0 Å². The summed E-state index contributed by atoms with van der Waals surface area (Å²) in [4.78, 5) is 12.8. The van der Waals surface area contributed by atoms with Gasteiger partial charge >= 0.3 is 0 Å². The number of carbonyl (C=O) groups excluding carboxylic acids is 1. The third-order valence-corrected chi connectivity index (χ3v) is 7.76. The highest BCUT2D eigenvalue weighted by atomic mass is 32.2. The fourth-order valence-electron chi connectivity index (χ4n) is 4.32. The molecule has 7 heteroatoms. The number of nitrogens with one attached hydrogen (secondary N) is 2. The summed E-state index contributed by atoms with van der Waals surface area (Å²) in [6, 6.07) is 27.3. The van der Waals surface area contributed by atoms with Crippen molar-refractivity contribution < 1.29 is 18.1 Å². The molecule has 1 heterocycles. The number of piperazine rings is 1. The number of nitrogens with zero attached hydrogens (tertiary/aromatic N) is 1. The van der Waals surface area contributed by atoms with Gasteiger partial charge in [-0.05, 0) is 24.3 Å². The van der Waals surface area contributed by atoms with Crippen molar-refractivity contribution in [1.82, 2.24) is 4.31 Å². The molecule has 4 rings (SSSR count). The fraction of sp³-hybridized carbons (Fsp3) is 0.240. The van der Waals surface area contributed by atoms with Crippen LogP contribution < -0.4 is 10.2 Å². The van der Waals surface area contributed by atoms with Gasteiger partial charge in [0.15, 0.2) is 0 Å². The zero-order valence-corrected chi connectivity index (χ0v) is 18.9. The van der Waals surface area contributed by atoms with E-state index in [0.717, 1.165) is 13.1 Å². The smallest absolute Gasteiger partial charge is 0.243 e. The molecule has 2 N–H and O–H groups in total. The average Bonchev–Trinajstić information content (AvgIpc) is 2.81. The molecule has 3 aromatic rings. The van der Waals surface area contributed by atoms with E-state index in [1.165, 1.54) is 23.0 Å². The number of anilines is 1. The summed E-state index contributed by atoms with van der Waals surface area (Å²) in [5.41, 5.74) is 3.05. The number of carbonyl (C=O) groups is 1. The minimum Gasteiger partial charge on any atom is -0.326 e. The molecule has 1 saturated heterocycles. The van der Waals surface area contributed by atoms with Gasteiger partial charge in [-0.2, -0.15) is 4.31 Å². The lowest BCUT2D eigenvalue weighted by atomic mass is 9.96. The van der Waals surface area contributed by atoms with Crippen molar-refractivity contribution >= 4 is 21.6 Å². The third kappa shape index (κ3) is 4.91. The van der Waals surface area contributed by atoms with Crippen molar-refractivity contribution in [1.29, 1.82) is 0 Å². The van der Waals surface area contributed by atoms with Gasteiger partial charge in [0, 0.05) is 23.7 Å². The van der Waals surface area contributed by atoms with Crippen LogP contribution in [0.3, 0.4) is 0 Å². The van der Waals surface area contributed by atoms with Gasteiger partial charge in [0.1, 0.15) is 6.04 Å². The van der Waals surface area contributed by atoms with Crippen LogP contribution in [0.1, 0.15) is 24.1 Å². The van der Waals surface area contributed by atoms with E-state index in [1.54, 1.807) is 28.6 Å². The van der Waals surface area contributed by atoms with Gasteiger partial charge in [0.2, 0.25) is 15.9 Å². The maximum atomic E-state index is 13.2. The van der Waals surface area contributed by atoms with E-state index in [2.05, 4.69) is 53.8 Å². The molecule has 6 nitrogen and oxygen atoms in total. The molecule has 0 unspecified atom stereocenters. The predicted molar refractivity (Wildman–Crippen MR) is 125 cm³/mol. The van der Waals surface area contributed by atoms with E-state index in [4.69, 9.17) is 0 Å². The van der Waals surface area contributed by atoms with E-state index in [9.17, 15) is 13.2 Å². The van der Waals surface area contributed by atoms with Crippen molar-refractivity contribution in [2.75, 3.05) is 31.5 Å². The Morgan fingerprint density at radius 3 is 1.81 bits per heavy atom. The largest absolute Gasteiger partial charge is 0.326 e. The first kappa shape index (κ1) is 22.2. The molecule has 0 spiro atoms. The molecule has 0 aliphatic carbocycles. The zero-order chi connectivity index (χ0) is 22.6. The second-order valence-corrected chi connectivity index (χ2v) is 9.96. The molecule has 3 aromatic carbocycles. The average molecular weight is 451 g/mol. The Morgan fingerprint density at radius 1 is 0.844 bits per heavy atom. The molecular formula is C25H28N3O3S+. The second kappa shape index (κ2) is 9.65. The van der Waals surface area contributed by atoms with Crippen molar-refractivity contribution in [2.24, 2.45) is 0 Å². The highest BCUT2D eigenvalue weighted by molar-refractivity contribution is 7.89. The first-order valence-corrected chi connectivity index (χ1v) is 12.2. The highest BCUT2D eigenvalue weighted by Gasteiger charge is 2.34. The summed E-state index contributed by atoms with van der Waals surface area (Å²) in [5.74, 6) is -0.189. The minimum absolute atomic E-state index is 0.166. The molecule has 1 amide bonds. The maximum absolute atomic E-state index is 13.2. The number of benzene rings is 3. The first-order valence-electron chi connectivity index (χ1n) is 10.8. The van der Waals surface area contributed by atoms with Crippen LogP contribution in [-0.2, 0) is 14.8 Å². The van der Waals surface area contributed by atoms with Crippen LogP contribution >= 0.6 is 0 Å². The topological polar surface area (TPSA) is 70.9 Å². The lowest BCUT2D eigenvalue weighted by Gasteiger charge is -2.36. The summed E-state index contributed by atoms with van der Waals surface area (Å²) in [6.07, 6.45) is 0. The van der Waals surface area contributed by atoms with Gasteiger partial charge in [-0.15, -0.1) is 0 Å². The molecule has 1 fully saturated rings. The summed E-state index contributed by atoms with van der Waals surface area (Å²) in [7, 11) is -3.58. The number of rotatable bonds is 6. The number of sulfonamides is 1. The van der Waals surface area contributed by atoms with Crippen molar-refractivity contribution in [3.63, 3.8) is 0 Å². The van der Waals surface area contributed by atoms with Crippen LogP contribution in [0.4, 0.5) is 5.69 Å². The zero-order valence-electron chi connectivity index (χ0n) is 18.1. The van der Waals surface area contributed by atoms with Crippen molar-refractivity contribution in [3.8, 4) is 0 Å².